The van der Waals surface area contributed by atoms with Crippen molar-refractivity contribution in [3.63, 3.8) is 0 Å². The predicted octanol–water partition coefficient (Wildman–Crippen LogP) is 3.55. The molecule has 1 amide bonds. The smallest absolute Gasteiger partial charge is 0.223 e. The zero-order valence-electron chi connectivity index (χ0n) is 14.4. The third kappa shape index (κ3) is 4.15. The Morgan fingerprint density at radius 1 is 1.25 bits per heavy atom. The van der Waals surface area contributed by atoms with E-state index in [1.54, 1.807) is 11.3 Å². The summed E-state index contributed by atoms with van der Waals surface area (Å²) in [6.45, 7) is 7.75. The quantitative estimate of drug-likeness (QED) is 0.833. The maximum atomic E-state index is 12.5. The van der Waals surface area contributed by atoms with Crippen molar-refractivity contribution in [2.45, 2.75) is 32.6 Å². The molecule has 0 unspecified atom stereocenters. The number of aromatic nitrogens is 1. The van der Waals surface area contributed by atoms with Gasteiger partial charge in [0, 0.05) is 44.2 Å². The molecule has 0 aliphatic carbocycles. The molecule has 128 valence electrons. The van der Waals surface area contributed by atoms with Gasteiger partial charge in [0.2, 0.25) is 5.91 Å². The Hall–Kier alpha value is -1.88. The molecular formula is C19H25N3OS. The van der Waals surface area contributed by atoms with Crippen LogP contribution < -0.4 is 4.90 Å². The van der Waals surface area contributed by atoms with E-state index < -0.39 is 0 Å². The highest BCUT2D eigenvalue weighted by Crippen LogP contribution is 2.20. The highest BCUT2D eigenvalue weighted by atomic mass is 32.1. The van der Waals surface area contributed by atoms with Crippen LogP contribution in [0.3, 0.4) is 0 Å². The Balaban J connectivity index is 1.48. The summed E-state index contributed by atoms with van der Waals surface area (Å²) in [4.78, 5) is 21.1. The summed E-state index contributed by atoms with van der Waals surface area (Å²) < 4.78 is 0. The molecule has 4 nitrogen and oxygen atoms in total. The Labute approximate surface area is 148 Å². The number of anilines is 1. The molecule has 5 heteroatoms. The van der Waals surface area contributed by atoms with Gasteiger partial charge in [0.15, 0.2) is 5.13 Å². The molecule has 0 bridgehead atoms. The van der Waals surface area contributed by atoms with E-state index in [-0.39, 0.29) is 5.91 Å². The standard InChI is InChI=1S/C19H25N3OS/c1-15(2)17-5-3-4-16(14-17)6-7-18(23)21-9-11-22(12-10-21)19-20-8-13-24-19/h3-5,8,13-15H,6-7,9-12H2,1-2H3. The van der Waals surface area contributed by atoms with Gasteiger partial charge < -0.3 is 9.80 Å². The third-order valence-corrected chi connectivity index (χ3v) is 5.40. The second-order valence-corrected chi connectivity index (χ2v) is 7.46. The lowest BCUT2D eigenvalue weighted by Crippen LogP contribution is -2.48. The summed E-state index contributed by atoms with van der Waals surface area (Å²) in [5, 5.41) is 3.06. The average molecular weight is 343 g/mol. The zero-order chi connectivity index (χ0) is 16.9. The first kappa shape index (κ1) is 17.0. The molecule has 0 atom stereocenters. The van der Waals surface area contributed by atoms with Gasteiger partial charge in [-0.2, -0.15) is 0 Å². The molecule has 2 heterocycles. The molecule has 24 heavy (non-hydrogen) atoms. The van der Waals surface area contributed by atoms with Crippen LogP contribution in [-0.2, 0) is 11.2 Å². The van der Waals surface area contributed by atoms with Gasteiger partial charge in [-0.25, -0.2) is 4.98 Å². The fraction of sp³-hybridized carbons (Fsp3) is 0.474. The minimum Gasteiger partial charge on any atom is -0.345 e. The highest BCUT2D eigenvalue weighted by Gasteiger charge is 2.22. The van der Waals surface area contributed by atoms with Crippen LogP contribution in [0.5, 0.6) is 0 Å². The van der Waals surface area contributed by atoms with Gasteiger partial charge in [0.25, 0.3) is 0 Å². The lowest BCUT2D eigenvalue weighted by atomic mass is 9.99. The van der Waals surface area contributed by atoms with Crippen LogP contribution in [-0.4, -0.2) is 42.0 Å². The highest BCUT2D eigenvalue weighted by molar-refractivity contribution is 7.13. The maximum absolute atomic E-state index is 12.5. The van der Waals surface area contributed by atoms with E-state index in [4.69, 9.17) is 0 Å². The SMILES string of the molecule is CC(C)c1cccc(CCC(=O)N2CCN(c3nccs3)CC2)c1. The lowest BCUT2D eigenvalue weighted by Gasteiger charge is -2.34. The first-order chi connectivity index (χ1) is 11.6. The van der Waals surface area contributed by atoms with Crippen molar-refractivity contribution in [3.8, 4) is 0 Å². The number of benzene rings is 1. The van der Waals surface area contributed by atoms with Crippen LogP contribution in [0, 0.1) is 0 Å². The number of nitrogens with zero attached hydrogens (tertiary/aromatic N) is 3. The summed E-state index contributed by atoms with van der Waals surface area (Å²) in [5.41, 5.74) is 2.60. The summed E-state index contributed by atoms with van der Waals surface area (Å²) in [7, 11) is 0. The monoisotopic (exact) mass is 343 g/mol. The molecule has 0 saturated carbocycles. The van der Waals surface area contributed by atoms with Gasteiger partial charge in [-0.05, 0) is 23.5 Å². The number of aryl methyl sites for hydroxylation is 1. The van der Waals surface area contributed by atoms with Crippen LogP contribution in [0.2, 0.25) is 0 Å². The number of hydrogen-bond acceptors (Lipinski definition) is 4. The number of amides is 1. The van der Waals surface area contributed by atoms with E-state index in [9.17, 15) is 4.79 Å². The van der Waals surface area contributed by atoms with E-state index in [0.29, 0.717) is 12.3 Å². The molecule has 1 aromatic carbocycles. The van der Waals surface area contributed by atoms with Crippen LogP contribution in [0.15, 0.2) is 35.8 Å². The molecule has 2 aromatic rings. The fourth-order valence-electron chi connectivity index (χ4n) is 3.04. The zero-order valence-corrected chi connectivity index (χ0v) is 15.3. The molecular weight excluding hydrogens is 318 g/mol. The summed E-state index contributed by atoms with van der Waals surface area (Å²) in [6.07, 6.45) is 3.26. The Kier molecular flexibility index (Phi) is 5.51. The van der Waals surface area contributed by atoms with Crippen molar-refractivity contribution >= 4 is 22.4 Å². The largest absolute Gasteiger partial charge is 0.345 e. The van der Waals surface area contributed by atoms with Crippen molar-refractivity contribution in [2.24, 2.45) is 0 Å². The van der Waals surface area contributed by atoms with Crippen LogP contribution >= 0.6 is 11.3 Å². The molecule has 1 aromatic heterocycles. The molecule has 1 saturated heterocycles. The number of thiazole rings is 1. The topological polar surface area (TPSA) is 36.4 Å². The number of hydrogen-bond donors (Lipinski definition) is 0. The Bertz CT molecular complexity index is 661. The van der Waals surface area contributed by atoms with Crippen LogP contribution in [0.1, 0.15) is 37.3 Å². The van der Waals surface area contributed by atoms with Gasteiger partial charge in [0.05, 0.1) is 0 Å². The molecule has 0 N–H and O–H groups in total. The van der Waals surface area contributed by atoms with E-state index in [1.165, 1.54) is 11.1 Å². The van der Waals surface area contributed by atoms with Crippen molar-refractivity contribution in [3.05, 3.63) is 47.0 Å². The second kappa shape index (κ2) is 7.79. The number of piperazine rings is 1. The first-order valence-electron chi connectivity index (χ1n) is 8.64. The van der Waals surface area contributed by atoms with E-state index in [0.717, 1.165) is 37.7 Å². The molecule has 0 radical (unpaired) electrons. The van der Waals surface area contributed by atoms with E-state index in [1.807, 2.05) is 16.5 Å². The fourth-order valence-corrected chi connectivity index (χ4v) is 3.73. The summed E-state index contributed by atoms with van der Waals surface area (Å²) in [6, 6.07) is 8.62. The molecule has 1 fully saturated rings. The predicted molar refractivity (Wildman–Crippen MR) is 99.8 cm³/mol. The summed E-state index contributed by atoms with van der Waals surface area (Å²) >= 11 is 1.66. The van der Waals surface area contributed by atoms with Crippen LogP contribution in [0.25, 0.3) is 0 Å². The Morgan fingerprint density at radius 2 is 2.04 bits per heavy atom. The van der Waals surface area contributed by atoms with E-state index in [2.05, 4.69) is 48.0 Å². The van der Waals surface area contributed by atoms with Crippen LogP contribution in [0.4, 0.5) is 5.13 Å². The summed E-state index contributed by atoms with van der Waals surface area (Å²) in [5.74, 6) is 0.795. The third-order valence-electron chi connectivity index (χ3n) is 4.57. The second-order valence-electron chi connectivity index (χ2n) is 6.58. The number of carbonyl (C=O) groups is 1. The van der Waals surface area contributed by atoms with E-state index >= 15 is 0 Å². The average Bonchev–Trinajstić information content (AvgIpc) is 3.14. The van der Waals surface area contributed by atoms with Crippen molar-refractivity contribution in [1.82, 2.24) is 9.88 Å². The lowest BCUT2D eigenvalue weighted by molar-refractivity contribution is -0.131. The minimum absolute atomic E-state index is 0.267. The van der Waals surface area contributed by atoms with Gasteiger partial charge in [-0.3, -0.25) is 4.79 Å². The van der Waals surface area contributed by atoms with Gasteiger partial charge in [-0.1, -0.05) is 38.1 Å². The van der Waals surface area contributed by atoms with Gasteiger partial charge in [-0.15, -0.1) is 11.3 Å². The molecule has 0 spiro atoms. The number of rotatable bonds is 5. The molecule has 1 aliphatic rings. The van der Waals surface area contributed by atoms with Crippen molar-refractivity contribution < 1.29 is 4.79 Å². The Morgan fingerprint density at radius 3 is 2.71 bits per heavy atom. The molecule has 3 rings (SSSR count). The van der Waals surface area contributed by atoms with Gasteiger partial charge in [0.1, 0.15) is 0 Å². The van der Waals surface area contributed by atoms with Crippen molar-refractivity contribution in [2.75, 3.05) is 31.1 Å². The normalized spacial score (nSPS) is 15.1. The minimum atomic E-state index is 0.267. The van der Waals surface area contributed by atoms with Gasteiger partial charge >= 0.3 is 0 Å². The maximum Gasteiger partial charge on any atom is 0.223 e. The molecule has 1 aliphatic heterocycles. The van der Waals surface area contributed by atoms with Crippen molar-refractivity contribution in [1.29, 1.82) is 0 Å². The first-order valence-corrected chi connectivity index (χ1v) is 9.52. The number of carbonyl (C=O) groups excluding carboxylic acids is 1.